The quantitative estimate of drug-likeness (QED) is 0.183. The number of hydrogen-bond acceptors (Lipinski definition) is 7. The third-order valence-corrected chi connectivity index (χ3v) is 10.2. The van der Waals surface area contributed by atoms with Gasteiger partial charge in [0, 0.05) is 43.3 Å². The molecule has 0 radical (unpaired) electrons. The fourth-order valence-corrected chi connectivity index (χ4v) is 7.65. The Morgan fingerprint density at radius 3 is 2.74 bits per heavy atom. The number of rotatable bonds is 6. The second kappa shape index (κ2) is 12.4. The maximum absolute atomic E-state index is 16.7. The number of carbonyl (C=O) groups is 1. The molecule has 0 N–H and O–H groups in total. The van der Waals surface area contributed by atoms with Crippen molar-refractivity contribution in [3.05, 3.63) is 53.2 Å². The lowest BCUT2D eigenvalue weighted by Crippen LogP contribution is -2.43. The van der Waals surface area contributed by atoms with E-state index >= 15 is 4.39 Å². The van der Waals surface area contributed by atoms with Gasteiger partial charge in [-0.05, 0) is 62.6 Å². The van der Waals surface area contributed by atoms with E-state index < -0.39 is 11.6 Å². The number of hydrogen-bond donors (Lipinski definition) is 0. The largest absolute Gasteiger partial charge is 0.461 e. The molecule has 3 aliphatic rings. The van der Waals surface area contributed by atoms with Crippen LogP contribution in [-0.2, 0) is 4.79 Å². The molecule has 0 saturated carbocycles. The summed E-state index contributed by atoms with van der Waals surface area (Å²) < 4.78 is 37.6. The number of amides is 1. The van der Waals surface area contributed by atoms with Crippen LogP contribution >= 0.6 is 23.2 Å². The highest BCUT2D eigenvalue weighted by Gasteiger charge is 2.45. The lowest BCUT2D eigenvalue weighted by molar-refractivity contribution is -0.124. The summed E-state index contributed by atoms with van der Waals surface area (Å²) in [5, 5.41) is 1.31. The number of likely N-dealkylation sites (tertiary alicyclic amines) is 1. The Balaban J connectivity index is 1.31. The third kappa shape index (κ3) is 5.38. The number of carbonyl (C=O) groups excluding carboxylic acids is 1. The van der Waals surface area contributed by atoms with E-state index in [0.717, 1.165) is 38.8 Å². The third-order valence-electron chi connectivity index (χ3n) is 9.71. The van der Waals surface area contributed by atoms with Gasteiger partial charge in [-0.15, -0.1) is 11.6 Å². The number of pyridine rings is 1. The fraction of sp³-hybridized carbons (Fsp3) is 0.412. The Morgan fingerprint density at radius 1 is 1.15 bits per heavy atom. The van der Waals surface area contributed by atoms with Gasteiger partial charge in [0.1, 0.15) is 29.5 Å². The molecular weight excluding hydrogens is 633 g/mol. The van der Waals surface area contributed by atoms with Gasteiger partial charge in [0.2, 0.25) is 0 Å². The molecule has 5 heterocycles. The summed E-state index contributed by atoms with van der Waals surface area (Å²) in [6.07, 6.45) is 6.49. The lowest BCUT2D eigenvalue weighted by Gasteiger charge is -2.31. The molecule has 2 aromatic heterocycles. The molecule has 8 nitrogen and oxygen atoms in total. The number of nitrogens with zero attached hydrogens (tertiary/aromatic N) is 6. The average molecular weight is 666 g/mol. The monoisotopic (exact) mass is 664 g/mol. The Labute approximate surface area is 275 Å². The van der Waals surface area contributed by atoms with Crippen LogP contribution in [0.4, 0.5) is 14.6 Å². The molecule has 1 unspecified atom stereocenters. The van der Waals surface area contributed by atoms with Crippen molar-refractivity contribution in [2.75, 3.05) is 50.6 Å². The van der Waals surface area contributed by atoms with E-state index in [2.05, 4.69) is 26.7 Å². The number of anilines is 1. The molecule has 3 fully saturated rings. The van der Waals surface area contributed by atoms with Crippen LogP contribution in [0.2, 0.25) is 5.02 Å². The molecule has 1 atom stereocenters. The molecule has 2 aromatic carbocycles. The number of aromatic nitrogens is 3. The zero-order chi connectivity index (χ0) is 32.0. The van der Waals surface area contributed by atoms with E-state index in [1.165, 1.54) is 12.3 Å². The van der Waals surface area contributed by atoms with Crippen LogP contribution in [0, 0.1) is 23.5 Å². The second-order valence-electron chi connectivity index (χ2n) is 12.2. The van der Waals surface area contributed by atoms with Crippen molar-refractivity contribution >= 4 is 56.6 Å². The molecule has 1 amide bonds. The summed E-state index contributed by atoms with van der Waals surface area (Å²) in [5.74, 6) is 4.14. The molecule has 3 saturated heterocycles. The molecule has 238 valence electrons. The molecule has 12 heteroatoms. The Kier molecular flexibility index (Phi) is 8.34. The number of benzene rings is 2. The first-order chi connectivity index (χ1) is 22.3. The van der Waals surface area contributed by atoms with Crippen LogP contribution in [0.3, 0.4) is 0 Å². The number of ether oxygens (including phenoxy) is 1. The van der Waals surface area contributed by atoms with Gasteiger partial charge in [0.25, 0.3) is 5.91 Å². The highest BCUT2D eigenvalue weighted by molar-refractivity contribution is 6.36. The Morgan fingerprint density at radius 2 is 1.96 bits per heavy atom. The first-order valence-electron chi connectivity index (χ1n) is 15.5. The van der Waals surface area contributed by atoms with Crippen LogP contribution < -0.4 is 9.64 Å². The summed E-state index contributed by atoms with van der Waals surface area (Å²) in [7, 11) is 1.86. The van der Waals surface area contributed by atoms with E-state index in [-0.39, 0.29) is 45.6 Å². The van der Waals surface area contributed by atoms with Crippen molar-refractivity contribution in [1.82, 2.24) is 24.8 Å². The second-order valence-corrected chi connectivity index (χ2v) is 12.9. The summed E-state index contributed by atoms with van der Waals surface area (Å²) in [6, 6.07) is 8.05. The van der Waals surface area contributed by atoms with Gasteiger partial charge in [-0.2, -0.15) is 9.97 Å². The minimum absolute atomic E-state index is 0.00397. The highest BCUT2D eigenvalue weighted by atomic mass is 35.5. The van der Waals surface area contributed by atoms with Gasteiger partial charge < -0.3 is 14.5 Å². The summed E-state index contributed by atoms with van der Waals surface area (Å²) in [6.45, 7) is 3.43. The number of halogens is 4. The van der Waals surface area contributed by atoms with Crippen molar-refractivity contribution < 1.29 is 18.3 Å². The maximum Gasteiger partial charge on any atom is 0.319 e. The standard InChI is InChI=1S/C34H32Cl2F2N6O2/c1-42(22-11-17-43(19-22)26(45)8-3-14-35)32-24-18-39-30(23-7-2-6-21-9-10-25(37)28(36)27(21)23)29(38)31(24)40-33(41-32)46-20-34-12-4-15-44(34)16-5-13-34/h2,6-7,9-10,18,22H,4-5,11-17,19-20H2,1H3. The normalized spacial score (nSPS) is 19.0. The van der Waals surface area contributed by atoms with Gasteiger partial charge in [-0.25, -0.2) is 8.78 Å². The smallest absolute Gasteiger partial charge is 0.319 e. The van der Waals surface area contributed by atoms with Crippen LogP contribution in [0.25, 0.3) is 32.9 Å². The summed E-state index contributed by atoms with van der Waals surface area (Å²) in [5.41, 5.74) is 0.321. The topological polar surface area (TPSA) is 74.7 Å². The summed E-state index contributed by atoms with van der Waals surface area (Å²) >= 11 is 12.0. The SMILES string of the molecule is CN(c1nc(OCC23CCCN2CCC3)nc2c(F)c(-c3cccc4ccc(F)c(Cl)c34)ncc12)C1CCN(C(=O)C#CCCl)C1. The van der Waals surface area contributed by atoms with Crippen LogP contribution in [0.15, 0.2) is 36.5 Å². The van der Waals surface area contributed by atoms with E-state index in [9.17, 15) is 9.18 Å². The molecule has 0 bridgehead atoms. The minimum Gasteiger partial charge on any atom is -0.461 e. The summed E-state index contributed by atoms with van der Waals surface area (Å²) in [4.78, 5) is 32.6. The van der Waals surface area contributed by atoms with Gasteiger partial charge >= 0.3 is 6.01 Å². The van der Waals surface area contributed by atoms with Gasteiger partial charge in [0.05, 0.1) is 21.8 Å². The number of likely N-dealkylation sites (N-methyl/N-ethyl adjacent to an activating group) is 1. The minimum atomic E-state index is -0.687. The molecule has 3 aliphatic heterocycles. The maximum atomic E-state index is 16.7. The van der Waals surface area contributed by atoms with Crippen molar-refractivity contribution in [1.29, 1.82) is 0 Å². The Bertz CT molecular complexity index is 1900. The van der Waals surface area contributed by atoms with E-state index in [4.69, 9.17) is 32.9 Å². The van der Waals surface area contributed by atoms with Gasteiger partial charge in [-0.3, -0.25) is 14.7 Å². The molecule has 0 aliphatic carbocycles. The van der Waals surface area contributed by atoms with Crippen LogP contribution in [-0.4, -0.2) is 88.0 Å². The molecule has 0 spiro atoms. The number of alkyl halides is 1. The molecule has 7 rings (SSSR count). The first kappa shape index (κ1) is 30.9. The van der Waals surface area contributed by atoms with Crippen molar-refractivity contribution in [3.63, 3.8) is 0 Å². The zero-order valence-corrected chi connectivity index (χ0v) is 26.8. The van der Waals surface area contributed by atoms with Gasteiger partial charge in [0.15, 0.2) is 5.82 Å². The predicted octanol–water partition coefficient (Wildman–Crippen LogP) is 6.06. The van der Waals surface area contributed by atoms with Gasteiger partial charge in [-0.1, -0.05) is 41.8 Å². The van der Waals surface area contributed by atoms with Crippen LogP contribution in [0.5, 0.6) is 6.01 Å². The number of fused-ring (bicyclic) bond motifs is 3. The Hall–Kier alpha value is -3.78. The first-order valence-corrected chi connectivity index (χ1v) is 16.4. The van der Waals surface area contributed by atoms with E-state index in [0.29, 0.717) is 53.7 Å². The van der Waals surface area contributed by atoms with Crippen molar-refractivity contribution in [3.8, 4) is 29.1 Å². The van der Waals surface area contributed by atoms with Crippen molar-refractivity contribution in [2.24, 2.45) is 0 Å². The molecular formula is C34H32Cl2F2N6O2. The van der Waals surface area contributed by atoms with E-state index in [1.807, 2.05) is 11.9 Å². The lowest BCUT2D eigenvalue weighted by atomic mass is 9.95. The highest BCUT2D eigenvalue weighted by Crippen LogP contribution is 2.41. The van der Waals surface area contributed by atoms with Crippen LogP contribution in [0.1, 0.15) is 32.1 Å². The van der Waals surface area contributed by atoms with Crippen molar-refractivity contribution in [2.45, 2.75) is 43.7 Å². The fourth-order valence-electron chi connectivity index (χ4n) is 7.31. The predicted molar refractivity (Wildman–Crippen MR) is 175 cm³/mol. The molecule has 4 aromatic rings. The zero-order valence-electron chi connectivity index (χ0n) is 25.3. The van der Waals surface area contributed by atoms with E-state index in [1.54, 1.807) is 29.2 Å². The average Bonchev–Trinajstić information content (AvgIpc) is 3.81. The molecule has 46 heavy (non-hydrogen) atoms.